The van der Waals surface area contributed by atoms with E-state index in [1.54, 1.807) is 48.5 Å². The Labute approximate surface area is 408 Å². The van der Waals surface area contributed by atoms with Gasteiger partial charge < -0.3 is 17.7 Å². The van der Waals surface area contributed by atoms with E-state index in [2.05, 4.69) is 0 Å². The molecule has 0 N–H and O–H groups in total. The summed E-state index contributed by atoms with van der Waals surface area (Å²) < 4.78 is 80.5. The van der Waals surface area contributed by atoms with Crippen LogP contribution in [0.5, 0.6) is 0 Å². The number of nitrogens with zero attached hydrogens (tertiary/aromatic N) is 4. The van der Waals surface area contributed by atoms with Gasteiger partial charge in [-0.1, -0.05) is 97.1 Å². The molecule has 0 unspecified atom stereocenters. The minimum absolute atomic E-state index is 0.137. The summed E-state index contributed by atoms with van der Waals surface area (Å²) in [6.45, 7) is 0. The number of oxazole rings is 4. The average Bonchev–Trinajstić information content (AvgIpc) is 4.21. The largest absolute Gasteiger partial charge is 0.440 e. The van der Waals surface area contributed by atoms with Gasteiger partial charge in [0.1, 0.15) is 45.3 Å². The fourth-order valence-corrected chi connectivity index (χ4v) is 11.3. The highest BCUT2D eigenvalue weighted by molar-refractivity contribution is 5.75. The molecule has 2 saturated carbocycles. The van der Waals surface area contributed by atoms with E-state index < -0.39 is 0 Å². The molecule has 2 aliphatic carbocycles. The van der Waals surface area contributed by atoms with E-state index in [0.717, 1.165) is 44.3 Å². The van der Waals surface area contributed by atoms with Crippen molar-refractivity contribution in [1.29, 1.82) is 0 Å². The van der Waals surface area contributed by atoms with Crippen molar-refractivity contribution in [3.63, 3.8) is 0 Å². The number of halogens is 4. The third-order valence-corrected chi connectivity index (χ3v) is 14.5. The Hall–Kier alpha value is -8.64. The first-order chi connectivity index (χ1) is 35.3. The van der Waals surface area contributed by atoms with Crippen molar-refractivity contribution in [2.75, 3.05) is 0 Å². The van der Waals surface area contributed by atoms with Crippen molar-refractivity contribution >= 4 is 44.4 Å². The van der Waals surface area contributed by atoms with Gasteiger partial charge in [-0.05, 0) is 119 Å². The Bertz CT molecular complexity index is 3230. The van der Waals surface area contributed by atoms with Crippen LogP contribution >= 0.6 is 0 Å². The van der Waals surface area contributed by atoms with E-state index in [9.17, 15) is 17.6 Å². The molecule has 4 aromatic heterocycles. The molecule has 8 aromatic carbocycles. The Balaban J connectivity index is 0.000000140. The zero-order valence-corrected chi connectivity index (χ0v) is 38.0. The van der Waals surface area contributed by atoms with Gasteiger partial charge in [0.25, 0.3) is 0 Å². The Kier molecular flexibility index (Phi) is 10.6. The highest BCUT2D eigenvalue weighted by atomic mass is 19.1. The van der Waals surface area contributed by atoms with Crippen LogP contribution in [0.2, 0.25) is 0 Å². The molecule has 0 radical (unpaired) electrons. The van der Waals surface area contributed by atoms with Crippen molar-refractivity contribution in [2.45, 2.75) is 47.3 Å². The summed E-state index contributed by atoms with van der Waals surface area (Å²) in [5.41, 5.74) is 9.65. The monoisotopic (exact) mass is 956 g/mol. The summed E-state index contributed by atoms with van der Waals surface area (Å²) in [6.07, 6.45) is 0. The summed E-state index contributed by atoms with van der Waals surface area (Å²) in [5.74, 6) is -0.140. The van der Waals surface area contributed by atoms with Crippen molar-refractivity contribution in [3.8, 4) is 0 Å². The molecular formula is C60H40F4N4O4. The first kappa shape index (κ1) is 43.4. The molecule has 12 aromatic rings. The van der Waals surface area contributed by atoms with Gasteiger partial charge in [-0.2, -0.15) is 0 Å². The fraction of sp³-hybridized carbons (Fsp3) is 0.133. The fourth-order valence-electron chi connectivity index (χ4n) is 11.3. The minimum atomic E-state index is -0.301. The second-order valence-corrected chi connectivity index (χ2v) is 18.5. The molecule has 12 heteroatoms. The van der Waals surface area contributed by atoms with Crippen LogP contribution in [0.25, 0.3) is 44.4 Å². The van der Waals surface area contributed by atoms with E-state index in [1.807, 2.05) is 97.1 Å². The van der Waals surface area contributed by atoms with Gasteiger partial charge in [0.05, 0.1) is 23.7 Å². The molecule has 4 heterocycles. The molecule has 0 aliphatic heterocycles. The number of hydrogen-bond acceptors (Lipinski definition) is 8. The topological polar surface area (TPSA) is 104 Å². The number of rotatable bonds is 8. The maximum Gasteiger partial charge on any atom is 0.199 e. The smallest absolute Gasteiger partial charge is 0.199 e. The van der Waals surface area contributed by atoms with Gasteiger partial charge in [-0.15, -0.1) is 0 Å². The summed E-state index contributed by atoms with van der Waals surface area (Å²) in [5, 5.41) is 0. The minimum Gasteiger partial charge on any atom is -0.440 e. The predicted octanol–water partition coefficient (Wildman–Crippen LogP) is 15.4. The molecule has 14 rings (SSSR count). The van der Waals surface area contributed by atoms with Gasteiger partial charge >= 0.3 is 0 Å². The van der Waals surface area contributed by atoms with E-state index >= 15 is 0 Å². The second kappa shape index (κ2) is 17.6. The lowest BCUT2D eigenvalue weighted by Gasteiger charge is -2.49. The van der Waals surface area contributed by atoms with E-state index in [4.69, 9.17) is 37.6 Å². The van der Waals surface area contributed by atoms with E-state index in [1.165, 1.54) is 48.5 Å². The summed E-state index contributed by atoms with van der Waals surface area (Å²) in [7, 11) is 0. The molecule has 2 aliphatic rings. The van der Waals surface area contributed by atoms with E-state index in [0.29, 0.717) is 45.9 Å². The molecule has 0 saturated heterocycles. The first-order valence-electron chi connectivity index (χ1n) is 23.7. The number of hydrogen-bond donors (Lipinski definition) is 0. The molecule has 0 bridgehead atoms. The van der Waals surface area contributed by atoms with Gasteiger partial charge in [0.2, 0.25) is 0 Å². The van der Waals surface area contributed by atoms with Gasteiger partial charge in [-0.25, -0.2) is 37.5 Å². The van der Waals surface area contributed by atoms with Crippen LogP contribution in [-0.4, -0.2) is 19.9 Å². The second-order valence-electron chi connectivity index (χ2n) is 18.5. The van der Waals surface area contributed by atoms with Crippen LogP contribution in [0, 0.1) is 23.3 Å². The maximum absolute atomic E-state index is 13.9. The van der Waals surface area contributed by atoms with Gasteiger partial charge in [0.15, 0.2) is 45.9 Å². The summed E-state index contributed by atoms with van der Waals surface area (Å²) in [6, 6.07) is 56.7. The Morgan fingerprint density at radius 1 is 0.236 bits per heavy atom. The molecule has 0 atom stereocenters. The third-order valence-electron chi connectivity index (χ3n) is 14.5. The average molecular weight is 957 g/mol. The zero-order valence-electron chi connectivity index (χ0n) is 38.0. The van der Waals surface area contributed by atoms with Crippen molar-refractivity contribution < 1.29 is 35.2 Å². The molecule has 0 amide bonds. The molecule has 352 valence electrons. The van der Waals surface area contributed by atoms with Gasteiger partial charge in [0, 0.05) is 23.7 Å². The van der Waals surface area contributed by atoms with Crippen LogP contribution in [0.4, 0.5) is 17.6 Å². The van der Waals surface area contributed by atoms with Crippen LogP contribution in [-0.2, 0) is 0 Å². The number of para-hydroxylation sites is 8. The zero-order chi connectivity index (χ0) is 48.5. The molecule has 72 heavy (non-hydrogen) atoms. The van der Waals surface area contributed by atoms with Crippen molar-refractivity contribution in [1.82, 2.24) is 19.9 Å². The molecular weight excluding hydrogens is 917 g/mol. The lowest BCUT2D eigenvalue weighted by molar-refractivity contribution is 0.171. The van der Waals surface area contributed by atoms with Crippen molar-refractivity contribution in [3.05, 3.63) is 263 Å². The van der Waals surface area contributed by atoms with Crippen LogP contribution in [0.1, 0.15) is 93.2 Å². The molecule has 2 fully saturated rings. The molecule has 8 nitrogen and oxygen atoms in total. The van der Waals surface area contributed by atoms with E-state index in [-0.39, 0.29) is 70.6 Å². The van der Waals surface area contributed by atoms with Gasteiger partial charge in [-0.3, -0.25) is 0 Å². The first-order valence-corrected chi connectivity index (χ1v) is 23.7. The lowest BCUT2D eigenvalue weighted by Crippen LogP contribution is -2.40. The quantitative estimate of drug-likeness (QED) is 0.139. The van der Waals surface area contributed by atoms with Crippen LogP contribution in [0.3, 0.4) is 0 Å². The SMILES string of the molecule is Fc1ccc(C2C(c3nc4ccccc4o3)C(c3ccc(F)cc3)C2c2nc3ccccc3o2)cc1.Fc1ccc(C2C(c3nc4ccccc4o3)C(c3ccc(F)cc3)C2c2nc3ccccc3o2)cc1. The number of benzene rings is 8. The number of aromatic nitrogens is 4. The van der Waals surface area contributed by atoms with Crippen LogP contribution < -0.4 is 0 Å². The standard InChI is InChI=1S/2C30H20F2N2O2/c2*31-19-13-9-17(10-14-19)25-27(29-33-21-5-1-3-7-23(21)35-29)26(18-11-15-20(32)16-12-18)28(25)30-34-22-6-2-4-8-24(22)36-30/h2*1-16,25-28H. The van der Waals surface area contributed by atoms with Crippen molar-refractivity contribution in [2.24, 2.45) is 0 Å². The predicted molar refractivity (Wildman–Crippen MR) is 264 cm³/mol. The summed E-state index contributed by atoms with van der Waals surface area (Å²) >= 11 is 0. The lowest BCUT2D eigenvalue weighted by atomic mass is 9.52. The third kappa shape index (κ3) is 7.61. The Morgan fingerprint density at radius 3 is 0.625 bits per heavy atom. The summed E-state index contributed by atoms with van der Waals surface area (Å²) in [4.78, 5) is 19.3. The number of fused-ring (bicyclic) bond motifs is 4. The normalized spacial score (nSPS) is 21.6. The highest BCUT2D eigenvalue weighted by Crippen LogP contribution is 2.68. The Morgan fingerprint density at radius 2 is 0.431 bits per heavy atom. The molecule has 0 spiro atoms. The maximum atomic E-state index is 13.9. The van der Waals surface area contributed by atoms with Crippen LogP contribution in [0.15, 0.2) is 212 Å². The highest BCUT2D eigenvalue weighted by Gasteiger charge is 2.58.